The topological polar surface area (TPSA) is 9.23 Å². The molecule has 68 valence electrons. The van der Waals surface area contributed by atoms with E-state index in [0.717, 1.165) is 12.8 Å². The van der Waals surface area contributed by atoms with Gasteiger partial charge >= 0.3 is 0 Å². The van der Waals surface area contributed by atoms with Crippen LogP contribution in [-0.4, -0.2) is 12.2 Å². The van der Waals surface area contributed by atoms with Crippen LogP contribution in [0.3, 0.4) is 0 Å². The maximum Gasteiger partial charge on any atom is 0.0573 e. The Kier molecular flexibility index (Phi) is 6.63. The van der Waals surface area contributed by atoms with Crippen LogP contribution < -0.4 is 0 Å². The Bertz CT molecular complexity index is 76.9. The van der Waals surface area contributed by atoms with Crippen LogP contribution in [0.2, 0.25) is 0 Å². The average molecular weight is 158 g/mol. The molecule has 0 aliphatic rings. The number of ether oxygens (including phenoxy) is 1. The Balaban J connectivity index is 3.44. The van der Waals surface area contributed by atoms with Gasteiger partial charge in [-0.2, -0.15) is 0 Å². The van der Waals surface area contributed by atoms with Gasteiger partial charge in [-0.1, -0.05) is 27.2 Å². The Morgan fingerprint density at radius 1 is 1.09 bits per heavy atom. The van der Waals surface area contributed by atoms with Crippen LogP contribution in [0.1, 0.15) is 53.4 Å². The van der Waals surface area contributed by atoms with Crippen LogP contribution in [0.15, 0.2) is 0 Å². The summed E-state index contributed by atoms with van der Waals surface area (Å²) in [6, 6.07) is 0. The van der Waals surface area contributed by atoms with E-state index in [-0.39, 0.29) is 0 Å². The second kappa shape index (κ2) is 6.66. The molecule has 1 atom stereocenters. The zero-order valence-corrected chi connectivity index (χ0v) is 8.39. The first-order valence-electron chi connectivity index (χ1n) is 4.89. The molecule has 0 aliphatic heterocycles. The van der Waals surface area contributed by atoms with E-state index in [9.17, 15) is 0 Å². The van der Waals surface area contributed by atoms with Gasteiger partial charge in [0.1, 0.15) is 0 Å². The van der Waals surface area contributed by atoms with E-state index in [1.807, 2.05) is 0 Å². The third-order valence-corrected chi connectivity index (χ3v) is 2.03. The molecule has 1 heteroatoms. The molecule has 1 nitrogen and oxygen atoms in total. The van der Waals surface area contributed by atoms with Gasteiger partial charge in [0, 0.05) is 0 Å². The molecule has 0 heterocycles. The first kappa shape index (κ1) is 11.0. The zero-order valence-electron chi connectivity index (χ0n) is 8.39. The SMILES string of the molecule is CCCC(C)OC(CC)CC. The minimum atomic E-state index is 0.449. The van der Waals surface area contributed by atoms with Crippen molar-refractivity contribution in [1.29, 1.82) is 0 Å². The largest absolute Gasteiger partial charge is 0.375 e. The van der Waals surface area contributed by atoms with E-state index in [2.05, 4.69) is 27.7 Å². The molecule has 0 aliphatic carbocycles. The van der Waals surface area contributed by atoms with Crippen molar-refractivity contribution in [3.8, 4) is 0 Å². The van der Waals surface area contributed by atoms with Gasteiger partial charge in [0.25, 0.3) is 0 Å². The summed E-state index contributed by atoms with van der Waals surface area (Å²) in [4.78, 5) is 0. The lowest BCUT2D eigenvalue weighted by Crippen LogP contribution is -2.18. The van der Waals surface area contributed by atoms with Crippen LogP contribution in [0.5, 0.6) is 0 Å². The zero-order chi connectivity index (χ0) is 8.69. The first-order valence-corrected chi connectivity index (χ1v) is 4.89. The predicted molar refractivity (Wildman–Crippen MR) is 49.8 cm³/mol. The van der Waals surface area contributed by atoms with Crippen molar-refractivity contribution in [3.05, 3.63) is 0 Å². The molecule has 0 rings (SSSR count). The van der Waals surface area contributed by atoms with E-state index in [1.54, 1.807) is 0 Å². The maximum absolute atomic E-state index is 5.79. The van der Waals surface area contributed by atoms with E-state index in [1.165, 1.54) is 12.8 Å². The van der Waals surface area contributed by atoms with Crippen molar-refractivity contribution in [3.63, 3.8) is 0 Å². The molecule has 0 aromatic rings. The van der Waals surface area contributed by atoms with Gasteiger partial charge in [-0.3, -0.25) is 0 Å². The third-order valence-electron chi connectivity index (χ3n) is 2.03. The van der Waals surface area contributed by atoms with Crippen molar-refractivity contribution >= 4 is 0 Å². The van der Waals surface area contributed by atoms with Gasteiger partial charge in [-0.05, 0) is 26.2 Å². The van der Waals surface area contributed by atoms with Crippen molar-refractivity contribution in [2.75, 3.05) is 0 Å². The highest BCUT2D eigenvalue weighted by molar-refractivity contribution is 4.56. The fourth-order valence-corrected chi connectivity index (χ4v) is 1.28. The van der Waals surface area contributed by atoms with E-state index < -0.39 is 0 Å². The molecule has 1 unspecified atom stereocenters. The van der Waals surface area contributed by atoms with Crippen molar-refractivity contribution < 1.29 is 4.74 Å². The van der Waals surface area contributed by atoms with Crippen molar-refractivity contribution in [1.82, 2.24) is 0 Å². The molecule has 0 fully saturated rings. The lowest BCUT2D eigenvalue weighted by molar-refractivity contribution is -0.00984. The molecule has 0 saturated carbocycles. The lowest BCUT2D eigenvalue weighted by Gasteiger charge is -2.19. The van der Waals surface area contributed by atoms with Gasteiger partial charge < -0.3 is 4.74 Å². The Hall–Kier alpha value is -0.0400. The number of hydrogen-bond acceptors (Lipinski definition) is 1. The Morgan fingerprint density at radius 2 is 1.64 bits per heavy atom. The van der Waals surface area contributed by atoms with Crippen molar-refractivity contribution in [2.24, 2.45) is 0 Å². The average Bonchev–Trinajstić information content (AvgIpc) is 2.01. The summed E-state index contributed by atoms with van der Waals surface area (Å²) in [6.07, 6.45) is 5.63. The van der Waals surface area contributed by atoms with E-state index in [0.29, 0.717) is 12.2 Å². The monoisotopic (exact) mass is 158 g/mol. The Labute approximate surface area is 71.1 Å². The van der Waals surface area contributed by atoms with Crippen LogP contribution in [0.4, 0.5) is 0 Å². The highest BCUT2D eigenvalue weighted by Crippen LogP contribution is 2.09. The first-order chi connectivity index (χ1) is 5.24. The summed E-state index contributed by atoms with van der Waals surface area (Å²) in [6.45, 7) is 8.74. The highest BCUT2D eigenvalue weighted by Gasteiger charge is 2.07. The van der Waals surface area contributed by atoms with Crippen LogP contribution >= 0.6 is 0 Å². The number of rotatable bonds is 6. The van der Waals surface area contributed by atoms with Gasteiger partial charge in [0.2, 0.25) is 0 Å². The van der Waals surface area contributed by atoms with Gasteiger partial charge in [-0.15, -0.1) is 0 Å². The van der Waals surface area contributed by atoms with E-state index >= 15 is 0 Å². The molecule has 0 radical (unpaired) electrons. The fourth-order valence-electron chi connectivity index (χ4n) is 1.28. The maximum atomic E-state index is 5.79. The summed E-state index contributed by atoms with van der Waals surface area (Å²) in [7, 11) is 0. The summed E-state index contributed by atoms with van der Waals surface area (Å²) < 4.78 is 5.79. The molecule has 0 bridgehead atoms. The molecule has 0 aromatic carbocycles. The minimum absolute atomic E-state index is 0.449. The van der Waals surface area contributed by atoms with Gasteiger partial charge in [-0.25, -0.2) is 0 Å². The Morgan fingerprint density at radius 3 is 2.00 bits per heavy atom. The molecule has 0 aromatic heterocycles. The highest BCUT2D eigenvalue weighted by atomic mass is 16.5. The normalized spacial score (nSPS) is 13.9. The predicted octanol–water partition coefficient (Wildman–Crippen LogP) is 3.38. The second-order valence-electron chi connectivity index (χ2n) is 3.17. The quantitative estimate of drug-likeness (QED) is 0.576. The molecule has 0 N–H and O–H groups in total. The molecule has 0 spiro atoms. The summed E-state index contributed by atoms with van der Waals surface area (Å²) in [5.41, 5.74) is 0. The molecule has 0 amide bonds. The molecular weight excluding hydrogens is 136 g/mol. The van der Waals surface area contributed by atoms with Crippen LogP contribution in [0, 0.1) is 0 Å². The summed E-state index contributed by atoms with van der Waals surface area (Å²) in [5.74, 6) is 0. The second-order valence-corrected chi connectivity index (χ2v) is 3.17. The van der Waals surface area contributed by atoms with Gasteiger partial charge in [0.15, 0.2) is 0 Å². The smallest absolute Gasteiger partial charge is 0.0573 e. The van der Waals surface area contributed by atoms with E-state index in [4.69, 9.17) is 4.74 Å². The third kappa shape index (κ3) is 5.25. The summed E-state index contributed by atoms with van der Waals surface area (Å²) in [5, 5.41) is 0. The number of hydrogen-bond donors (Lipinski definition) is 0. The lowest BCUT2D eigenvalue weighted by atomic mass is 10.2. The molecule has 0 saturated heterocycles. The molecule has 11 heavy (non-hydrogen) atoms. The standard InChI is InChI=1S/C10H22O/c1-5-8-9(4)11-10(6-2)7-3/h9-10H,5-8H2,1-4H3. The van der Waals surface area contributed by atoms with Crippen molar-refractivity contribution in [2.45, 2.75) is 65.6 Å². The fraction of sp³-hybridized carbons (Fsp3) is 1.00. The van der Waals surface area contributed by atoms with Crippen LogP contribution in [0.25, 0.3) is 0 Å². The molecular formula is C10H22O. The van der Waals surface area contributed by atoms with Gasteiger partial charge in [0.05, 0.1) is 12.2 Å². The summed E-state index contributed by atoms with van der Waals surface area (Å²) >= 11 is 0. The minimum Gasteiger partial charge on any atom is -0.375 e. The van der Waals surface area contributed by atoms with Crippen LogP contribution in [-0.2, 0) is 4.74 Å².